The fourth-order valence-corrected chi connectivity index (χ4v) is 2.27. The lowest BCUT2D eigenvalue weighted by Crippen LogP contribution is -2.36. The summed E-state index contributed by atoms with van der Waals surface area (Å²) in [6, 6.07) is 6.00. The molecule has 0 radical (unpaired) electrons. The van der Waals surface area contributed by atoms with Crippen LogP contribution in [0.15, 0.2) is 18.2 Å². The van der Waals surface area contributed by atoms with Gasteiger partial charge < -0.3 is 9.64 Å². The van der Waals surface area contributed by atoms with E-state index in [9.17, 15) is 4.79 Å². The van der Waals surface area contributed by atoms with Crippen molar-refractivity contribution in [1.29, 1.82) is 0 Å². The quantitative estimate of drug-likeness (QED) is 0.651. The number of ether oxygens (including phenoxy) is 1. The number of hydrogen-bond donors (Lipinski definition) is 0. The molecule has 0 aliphatic carbocycles. The van der Waals surface area contributed by atoms with Crippen LogP contribution in [-0.2, 0) is 16.0 Å². The number of likely N-dealkylation sites (N-methyl/N-ethyl adjacent to an activating group) is 1. The molecule has 3 heteroatoms. The molecule has 3 nitrogen and oxygen atoms in total. The fourth-order valence-electron chi connectivity index (χ4n) is 2.27. The lowest BCUT2D eigenvalue weighted by atomic mass is 10.1. The summed E-state index contributed by atoms with van der Waals surface area (Å²) in [5.74, 6) is -0.159. The second-order valence-corrected chi connectivity index (χ2v) is 3.94. The van der Waals surface area contributed by atoms with Gasteiger partial charge in [-0.3, -0.25) is 0 Å². The number of carbonyl (C=O) groups is 1. The maximum atomic E-state index is 11.5. The Morgan fingerprint density at radius 2 is 2.27 bits per heavy atom. The monoisotopic (exact) mass is 205 g/mol. The van der Waals surface area contributed by atoms with Crippen molar-refractivity contribution in [3.05, 3.63) is 29.3 Å². The van der Waals surface area contributed by atoms with E-state index in [2.05, 4.69) is 19.1 Å². The number of benzene rings is 1. The number of esters is 1. The smallest absolute Gasteiger partial charge is 0.328 e. The Kier molecular flexibility index (Phi) is 2.39. The Balaban J connectivity index is 2.37. The number of anilines is 1. The lowest BCUT2D eigenvalue weighted by Gasteiger charge is -2.21. The van der Waals surface area contributed by atoms with Gasteiger partial charge in [0.05, 0.1) is 7.11 Å². The largest absolute Gasteiger partial charge is 0.467 e. The summed E-state index contributed by atoms with van der Waals surface area (Å²) in [5.41, 5.74) is 3.61. The molecule has 0 bridgehead atoms. The molecule has 0 saturated carbocycles. The van der Waals surface area contributed by atoms with Gasteiger partial charge in [-0.1, -0.05) is 18.2 Å². The summed E-state index contributed by atoms with van der Waals surface area (Å²) in [6.07, 6.45) is 0.750. The first-order valence-corrected chi connectivity index (χ1v) is 5.04. The molecule has 0 N–H and O–H groups in total. The van der Waals surface area contributed by atoms with Gasteiger partial charge in [-0.2, -0.15) is 0 Å². The van der Waals surface area contributed by atoms with E-state index in [-0.39, 0.29) is 12.0 Å². The molecule has 1 aromatic carbocycles. The Hall–Kier alpha value is -1.51. The maximum Gasteiger partial charge on any atom is 0.328 e. The minimum atomic E-state index is -0.161. The van der Waals surface area contributed by atoms with Crippen molar-refractivity contribution in [2.75, 3.05) is 19.1 Å². The molecule has 1 atom stereocenters. The Bertz CT molecular complexity index is 401. The van der Waals surface area contributed by atoms with Crippen LogP contribution < -0.4 is 4.90 Å². The van der Waals surface area contributed by atoms with E-state index in [1.54, 1.807) is 0 Å². The molecule has 0 amide bonds. The number of fused-ring (bicyclic) bond motifs is 1. The van der Waals surface area contributed by atoms with Gasteiger partial charge in [-0.15, -0.1) is 0 Å². The lowest BCUT2D eigenvalue weighted by molar-refractivity contribution is -0.141. The van der Waals surface area contributed by atoms with Gasteiger partial charge in [0, 0.05) is 19.2 Å². The standard InChI is InChI=1S/C12H15NO2/c1-8-5-4-6-9-7-10(12(14)15-3)13(2)11(8)9/h4-6,10H,7H2,1-3H3. The zero-order valence-electron chi connectivity index (χ0n) is 9.28. The Labute approximate surface area is 89.7 Å². The first-order chi connectivity index (χ1) is 7.15. The summed E-state index contributed by atoms with van der Waals surface area (Å²) in [6.45, 7) is 2.06. The van der Waals surface area contributed by atoms with Crippen LogP contribution in [0.4, 0.5) is 5.69 Å². The number of rotatable bonds is 1. The van der Waals surface area contributed by atoms with E-state index >= 15 is 0 Å². The third-order valence-electron chi connectivity index (χ3n) is 3.03. The zero-order chi connectivity index (χ0) is 11.0. The zero-order valence-corrected chi connectivity index (χ0v) is 9.28. The minimum absolute atomic E-state index is 0.159. The molecule has 80 valence electrons. The second kappa shape index (κ2) is 3.57. The van der Waals surface area contributed by atoms with E-state index in [1.807, 2.05) is 18.0 Å². The van der Waals surface area contributed by atoms with Crippen molar-refractivity contribution in [3.63, 3.8) is 0 Å². The van der Waals surface area contributed by atoms with Crippen molar-refractivity contribution in [2.24, 2.45) is 0 Å². The highest BCUT2D eigenvalue weighted by molar-refractivity contribution is 5.84. The first-order valence-electron chi connectivity index (χ1n) is 5.04. The van der Waals surface area contributed by atoms with Gasteiger partial charge in [0.2, 0.25) is 0 Å². The minimum Gasteiger partial charge on any atom is -0.467 e. The van der Waals surface area contributed by atoms with Crippen LogP contribution in [0.1, 0.15) is 11.1 Å². The number of hydrogen-bond acceptors (Lipinski definition) is 3. The summed E-state index contributed by atoms with van der Waals surface area (Å²) in [5, 5.41) is 0. The van der Waals surface area contributed by atoms with Crippen molar-refractivity contribution in [1.82, 2.24) is 0 Å². The van der Waals surface area contributed by atoms with Crippen LogP contribution in [0, 0.1) is 6.92 Å². The molecule has 0 spiro atoms. The van der Waals surface area contributed by atoms with Gasteiger partial charge in [0.25, 0.3) is 0 Å². The number of aryl methyl sites for hydroxylation is 1. The number of nitrogens with zero attached hydrogens (tertiary/aromatic N) is 1. The topological polar surface area (TPSA) is 29.5 Å². The molecular formula is C12H15NO2. The highest BCUT2D eigenvalue weighted by Crippen LogP contribution is 2.33. The van der Waals surface area contributed by atoms with Crippen molar-refractivity contribution < 1.29 is 9.53 Å². The van der Waals surface area contributed by atoms with Crippen LogP contribution in [-0.4, -0.2) is 26.2 Å². The third kappa shape index (κ3) is 1.48. The summed E-state index contributed by atoms with van der Waals surface area (Å²) in [7, 11) is 3.38. The van der Waals surface area contributed by atoms with E-state index < -0.39 is 0 Å². The van der Waals surface area contributed by atoms with Gasteiger partial charge in [-0.25, -0.2) is 4.79 Å². The predicted octanol–water partition coefficient (Wildman–Crippen LogP) is 1.53. The SMILES string of the molecule is COC(=O)C1Cc2cccc(C)c2N1C. The van der Waals surface area contributed by atoms with Gasteiger partial charge in [-0.05, 0) is 18.1 Å². The van der Waals surface area contributed by atoms with E-state index in [1.165, 1.54) is 23.9 Å². The first kappa shape index (κ1) is 10.0. The van der Waals surface area contributed by atoms with E-state index in [0.29, 0.717) is 0 Å². The summed E-state index contributed by atoms with van der Waals surface area (Å²) < 4.78 is 4.80. The molecule has 0 aromatic heterocycles. The Morgan fingerprint density at radius 3 is 2.87 bits per heavy atom. The normalized spacial score (nSPS) is 18.9. The summed E-state index contributed by atoms with van der Waals surface area (Å²) >= 11 is 0. The van der Waals surface area contributed by atoms with Crippen LogP contribution >= 0.6 is 0 Å². The van der Waals surface area contributed by atoms with Crippen LogP contribution in [0.3, 0.4) is 0 Å². The molecule has 1 aliphatic rings. The highest BCUT2D eigenvalue weighted by Gasteiger charge is 2.33. The third-order valence-corrected chi connectivity index (χ3v) is 3.03. The molecule has 1 heterocycles. The average molecular weight is 205 g/mol. The molecule has 0 fully saturated rings. The molecule has 2 rings (SSSR count). The average Bonchev–Trinajstić information content (AvgIpc) is 2.56. The van der Waals surface area contributed by atoms with Crippen molar-refractivity contribution >= 4 is 11.7 Å². The molecule has 0 saturated heterocycles. The molecule has 1 aliphatic heterocycles. The van der Waals surface area contributed by atoms with E-state index in [4.69, 9.17) is 4.74 Å². The predicted molar refractivity (Wildman–Crippen MR) is 59.1 cm³/mol. The second-order valence-electron chi connectivity index (χ2n) is 3.94. The summed E-state index contributed by atoms with van der Waals surface area (Å²) in [4.78, 5) is 13.6. The highest BCUT2D eigenvalue weighted by atomic mass is 16.5. The molecule has 1 unspecified atom stereocenters. The molecule has 1 aromatic rings. The van der Waals surface area contributed by atoms with Crippen LogP contribution in [0.2, 0.25) is 0 Å². The van der Waals surface area contributed by atoms with Crippen molar-refractivity contribution in [3.8, 4) is 0 Å². The molecule has 15 heavy (non-hydrogen) atoms. The van der Waals surface area contributed by atoms with Gasteiger partial charge in [0.15, 0.2) is 0 Å². The van der Waals surface area contributed by atoms with Gasteiger partial charge in [0.1, 0.15) is 6.04 Å². The van der Waals surface area contributed by atoms with Crippen LogP contribution in [0.25, 0.3) is 0 Å². The van der Waals surface area contributed by atoms with Crippen molar-refractivity contribution in [2.45, 2.75) is 19.4 Å². The molecular weight excluding hydrogens is 190 g/mol. The fraction of sp³-hybridized carbons (Fsp3) is 0.417. The van der Waals surface area contributed by atoms with Crippen LogP contribution in [0.5, 0.6) is 0 Å². The number of methoxy groups -OCH3 is 1. The number of carbonyl (C=O) groups excluding carboxylic acids is 1. The number of para-hydroxylation sites is 1. The maximum absolute atomic E-state index is 11.5. The van der Waals surface area contributed by atoms with E-state index in [0.717, 1.165) is 6.42 Å². The Morgan fingerprint density at radius 1 is 1.53 bits per heavy atom. The van der Waals surface area contributed by atoms with Gasteiger partial charge >= 0.3 is 5.97 Å².